The fourth-order valence-electron chi connectivity index (χ4n) is 4.91. The lowest BCUT2D eigenvalue weighted by Gasteiger charge is -2.33. The number of rotatable bonds is 9. The lowest BCUT2D eigenvalue weighted by molar-refractivity contribution is -0.139. The van der Waals surface area contributed by atoms with Crippen LogP contribution in [0.3, 0.4) is 0 Å². The van der Waals surface area contributed by atoms with Crippen LogP contribution in [0.2, 0.25) is 5.02 Å². The zero-order valence-corrected chi connectivity index (χ0v) is 23.9. The summed E-state index contributed by atoms with van der Waals surface area (Å²) in [6, 6.07) is 28.8. The smallest absolute Gasteiger partial charge is 0.299 e. The average Bonchev–Trinajstić information content (AvgIpc) is 3.23. The van der Waals surface area contributed by atoms with Crippen LogP contribution in [0, 0.1) is 0 Å². The minimum absolute atomic E-state index is 0.0809. The molecule has 8 nitrogen and oxygen atoms in total. The number of fused-ring (bicyclic) bond motifs is 1. The van der Waals surface area contributed by atoms with Crippen molar-refractivity contribution in [3.05, 3.63) is 125 Å². The van der Waals surface area contributed by atoms with Gasteiger partial charge >= 0.3 is 0 Å². The molecule has 1 aliphatic rings. The Bertz CT molecular complexity index is 1620. The van der Waals surface area contributed by atoms with Gasteiger partial charge in [0, 0.05) is 37.0 Å². The van der Waals surface area contributed by atoms with Crippen molar-refractivity contribution in [1.29, 1.82) is 0 Å². The molecule has 0 fully saturated rings. The van der Waals surface area contributed by atoms with Crippen molar-refractivity contribution in [2.45, 2.75) is 12.6 Å². The highest BCUT2D eigenvalue weighted by Gasteiger charge is 2.39. The number of hydrogen-bond acceptors (Lipinski definition) is 5. The van der Waals surface area contributed by atoms with E-state index in [4.69, 9.17) is 11.6 Å². The molecule has 0 saturated heterocycles. The van der Waals surface area contributed by atoms with Crippen LogP contribution in [0.1, 0.15) is 27.5 Å². The third kappa shape index (κ3) is 6.04. The number of carbonyl (C=O) groups is 4. The topological polar surface area (TPSA) is 90.0 Å². The number of benzene rings is 4. The maximum atomic E-state index is 14.1. The summed E-state index contributed by atoms with van der Waals surface area (Å²) >= 11 is 6.17. The van der Waals surface area contributed by atoms with Crippen molar-refractivity contribution in [1.82, 2.24) is 4.90 Å². The quantitative estimate of drug-likeness (QED) is 0.270. The molecule has 0 saturated carbocycles. The van der Waals surface area contributed by atoms with Gasteiger partial charge in [-0.25, -0.2) is 0 Å². The molecular formula is C33H29ClN4O4. The van der Waals surface area contributed by atoms with Gasteiger partial charge in [0.25, 0.3) is 17.6 Å². The van der Waals surface area contributed by atoms with Crippen LogP contribution in [0.4, 0.5) is 17.1 Å². The van der Waals surface area contributed by atoms with Gasteiger partial charge in [0.15, 0.2) is 0 Å². The monoisotopic (exact) mass is 580 g/mol. The second kappa shape index (κ2) is 12.3. The Morgan fingerprint density at radius 3 is 2.14 bits per heavy atom. The van der Waals surface area contributed by atoms with Crippen molar-refractivity contribution in [3.8, 4) is 0 Å². The Morgan fingerprint density at radius 1 is 0.833 bits per heavy atom. The average molecular weight is 581 g/mol. The van der Waals surface area contributed by atoms with Gasteiger partial charge in [-0.1, -0.05) is 66.2 Å². The molecule has 4 aromatic carbocycles. The number of nitrogens with one attached hydrogen (secondary N) is 1. The van der Waals surface area contributed by atoms with E-state index in [0.29, 0.717) is 22.0 Å². The predicted octanol–water partition coefficient (Wildman–Crippen LogP) is 5.34. The highest BCUT2D eigenvalue weighted by molar-refractivity contribution is 6.52. The van der Waals surface area contributed by atoms with E-state index in [1.54, 1.807) is 60.7 Å². The Morgan fingerprint density at radius 2 is 1.48 bits per heavy atom. The van der Waals surface area contributed by atoms with E-state index in [0.717, 1.165) is 11.3 Å². The molecule has 0 unspecified atom stereocenters. The highest BCUT2D eigenvalue weighted by Crippen LogP contribution is 2.31. The lowest BCUT2D eigenvalue weighted by atomic mass is 10.0. The maximum Gasteiger partial charge on any atom is 0.299 e. The second-order valence-corrected chi connectivity index (χ2v) is 10.6. The molecule has 0 aromatic heterocycles. The molecule has 0 bridgehead atoms. The van der Waals surface area contributed by atoms with Crippen molar-refractivity contribution in [3.63, 3.8) is 0 Å². The molecule has 212 valence electrons. The summed E-state index contributed by atoms with van der Waals surface area (Å²) in [5, 5.41) is 3.43. The summed E-state index contributed by atoms with van der Waals surface area (Å²) in [5.74, 6) is -2.39. The normalized spacial score (nSPS) is 13.0. The number of ketones is 1. The molecule has 1 heterocycles. The molecule has 4 aromatic rings. The van der Waals surface area contributed by atoms with Gasteiger partial charge in [0.1, 0.15) is 12.6 Å². The van der Waals surface area contributed by atoms with Crippen LogP contribution in [0.15, 0.2) is 103 Å². The first kappa shape index (κ1) is 28.6. The van der Waals surface area contributed by atoms with Gasteiger partial charge in [-0.15, -0.1) is 0 Å². The molecule has 1 atom stereocenters. The number of amides is 3. The molecular weight excluding hydrogens is 552 g/mol. The number of anilines is 3. The zero-order chi connectivity index (χ0) is 29.8. The number of nitrogens with zero attached hydrogens (tertiary/aromatic N) is 3. The molecule has 9 heteroatoms. The Balaban J connectivity index is 1.52. The van der Waals surface area contributed by atoms with Crippen LogP contribution < -0.4 is 15.1 Å². The predicted molar refractivity (Wildman–Crippen MR) is 164 cm³/mol. The first-order chi connectivity index (χ1) is 20.2. The van der Waals surface area contributed by atoms with Gasteiger partial charge < -0.3 is 15.1 Å². The van der Waals surface area contributed by atoms with Gasteiger partial charge in [0.05, 0.1) is 11.3 Å². The van der Waals surface area contributed by atoms with Gasteiger partial charge in [0.2, 0.25) is 5.91 Å². The van der Waals surface area contributed by atoms with Crippen LogP contribution in [-0.4, -0.2) is 49.0 Å². The summed E-state index contributed by atoms with van der Waals surface area (Å²) in [6.07, 6.45) is 0. The fourth-order valence-corrected chi connectivity index (χ4v) is 5.03. The van der Waals surface area contributed by atoms with Crippen LogP contribution in [0.5, 0.6) is 0 Å². The summed E-state index contributed by atoms with van der Waals surface area (Å²) in [4.78, 5) is 58.2. The first-order valence-corrected chi connectivity index (χ1v) is 13.7. The molecule has 0 spiro atoms. The van der Waals surface area contributed by atoms with Crippen LogP contribution >= 0.6 is 11.6 Å². The Kier molecular flexibility index (Phi) is 8.36. The van der Waals surface area contributed by atoms with Crippen molar-refractivity contribution in [2.75, 3.05) is 35.8 Å². The maximum absolute atomic E-state index is 14.1. The fraction of sp³-hybridized carbons (Fsp3) is 0.152. The van der Waals surface area contributed by atoms with Crippen molar-refractivity contribution >= 4 is 52.2 Å². The van der Waals surface area contributed by atoms with Gasteiger partial charge in [-0.2, -0.15) is 0 Å². The third-order valence-electron chi connectivity index (χ3n) is 7.09. The van der Waals surface area contributed by atoms with Crippen LogP contribution in [0.25, 0.3) is 0 Å². The molecule has 0 radical (unpaired) electrons. The van der Waals surface area contributed by atoms with Crippen LogP contribution in [-0.2, 0) is 20.9 Å². The summed E-state index contributed by atoms with van der Waals surface area (Å²) < 4.78 is 0. The van der Waals surface area contributed by atoms with E-state index in [1.165, 1.54) is 9.80 Å². The molecule has 1 N–H and O–H groups in total. The zero-order valence-electron chi connectivity index (χ0n) is 23.2. The Labute approximate surface area is 249 Å². The van der Waals surface area contributed by atoms with E-state index >= 15 is 0 Å². The minimum atomic E-state index is -1.08. The third-order valence-corrected chi connectivity index (χ3v) is 7.34. The van der Waals surface area contributed by atoms with Crippen molar-refractivity contribution < 1.29 is 19.2 Å². The van der Waals surface area contributed by atoms with E-state index in [1.807, 2.05) is 61.5 Å². The Hall–Kier alpha value is -4.95. The number of carbonyl (C=O) groups excluding carboxylic acids is 4. The number of hydrogen-bond donors (Lipinski definition) is 1. The van der Waals surface area contributed by atoms with E-state index in [-0.39, 0.29) is 12.1 Å². The van der Waals surface area contributed by atoms with Crippen molar-refractivity contribution in [2.24, 2.45) is 0 Å². The molecule has 5 rings (SSSR count). The molecule has 1 aliphatic heterocycles. The van der Waals surface area contributed by atoms with E-state index in [9.17, 15) is 19.2 Å². The second-order valence-electron chi connectivity index (χ2n) is 10.1. The SMILES string of the molecule is CN(C)c1ccc(NC(=O)[C@@H](c2ccc(Cl)cc2)N(Cc2ccccc2)C(=O)CN2C(=O)C(=O)c3ccccc32)cc1. The number of Topliss-reactive ketones (excluding diaryl/α,β-unsaturated/α-hetero) is 1. The largest absolute Gasteiger partial charge is 0.378 e. The highest BCUT2D eigenvalue weighted by atomic mass is 35.5. The standard InChI is InChI=1S/C33H29ClN4O4/c1-36(2)26-18-16-25(17-19-26)35-32(41)30(23-12-14-24(34)15-13-23)38(20-22-8-4-3-5-9-22)29(39)21-37-28-11-7-6-10-27(28)31(40)33(37)42/h3-19,30H,20-21H2,1-2H3,(H,35,41)/t30-/m1/s1. The van der Waals surface area contributed by atoms with E-state index < -0.39 is 36.1 Å². The summed E-state index contributed by atoms with van der Waals surface area (Å²) in [7, 11) is 3.85. The number of halogens is 1. The first-order valence-electron chi connectivity index (χ1n) is 13.4. The molecule has 0 aliphatic carbocycles. The lowest BCUT2D eigenvalue weighted by Crippen LogP contribution is -2.46. The molecule has 42 heavy (non-hydrogen) atoms. The summed E-state index contributed by atoms with van der Waals surface area (Å²) in [5.41, 5.74) is 3.47. The van der Waals surface area contributed by atoms with E-state index in [2.05, 4.69) is 5.32 Å². The van der Waals surface area contributed by atoms with Gasteiger partial charge in [-0.05, 0) is 59.7 Å². The summed E-state index contributed by atoms with van der Waals surface area (Å²) in [6.45, 7) is -0.332. The molecule has 3 amide bonds. The minimum Gasteiger partial charge on any atom is -0.378 e. The number of para-hydroxylation sites is 1. The van der Waals surface area contributed by atoms with Gasteiger partial charge in [-0.3, -0.25) is 24.1 Å².